The van der Waals surface area contributed by atoms with Crippen molar-refractivity contribution in [3.8, 4) is 5.75 Å². The van der Waals surface area contributed by atoms with Crippen LogP contribution in [-0.2, 0) is 9.59 Å². The number of hydrogen-bond donors (Lipinski definition) is 2. The van der Waals surface area contributed by atoms with Gasteiger partial charge in [0.2, 0.25) is 5.91 Å². The lowest BCUT2D eigenvalue weighted by molar-refractivity contribution is -0.120. The summed E-state index contributed by atoms with van der Waals surface area (Å²) in [5, 5.41) is 5.84. The average molecular weight is 409 g/mol. The van der Waals surface area contributed by atoms with Crippen molar-refractivity contribution >= 4 is 23.2 Å². The first-order valence-electron chi connectivity index (χ1n) is 10.9. The summed E-state index contributed by atoms with van der Waals surface area (Å²) < 4.78 is 5.81. The van der Waals surface area contributed by atoms with Crippen molar-refractivity contribution in [1.29, 1.82) is 0 Å². The molecule has 0 spiro atoms. The largest absolute Gasteiger partial charge is 0.483 e. The molecule has 0 heterocycles. The fourth-order valence-electron chi connectivity index (χ4n) is 3.87. The van der Waals surface area contributed by atoms with Gasteiger partial charge in [0.1, 0.15) is 5.75 Å². The lowest BCUT2D eigenvalue weighted by atomic mass is 9.88. The zero-order chi connectivity index (χ0) is 21.5. The molecule has 5 nitrogen and oxygen atoms in total. The normalized spacial score (nSPS) is 14.4. The molecule has 5 heteroatoms. The summed E-state index contributed by atoms with van der Waals surface area (Å²) in [6.07, 6.45) is 5.36. The van der Waals surface area contributed by atoms with Crippen LogP contribution in [0.1, 0.15) is 63.0 Å². The molecule has 1 aliphatic carbocycles. The number of carbonyl (C=O) groups is 2. The van der Waals surface area contributed by atoms with Crippen molar-refractivity contribution in [2.45, 2.75) is 58.8 Å². The molecule has 3 rings (SSSR count). The Balaban J connectivity index is 1.56. The molecule has 1 fully saturated rings. The molecule has 0 aromatic heterocycles. The second-order valence-corrected chi connectivity index (χ2v) is 8.44. The van der Waals surface area contributed by atoms with Crippen LogP contribution in [0.4, 0.5) is 11.4 Å². The summed E-state index contributed by atoms with van der Waals surface area (Å²) in [6.45, 7) is 6.14. The molecule has 0 atom stereocenters. The molecule has 2 amide bonds. The van der Waals surface area contributed by atoms with E-state index in [2.05, 4.69) is 30.5 Å². The molecule has 1 aliphatic rings. The van der Waals surface area contributed by atoms with E-state index in [9.17, 15) is 9.59 Å². The smallest absolute Gasteiger partial charge is 0.262 e. The topological polar surface area (TPSA) is 67.4 Å². The predicted octanol–water partition coefficient (Wildman–Crippen LogP) is 5.65. The summed E-state index contributed by atoms with van der Waals surface area (Å²) in [4.78, 5) is 24.9. The fraction of sp³-hybridized carbons (Fsp3) is 0.440. The highest BCUT2D eigenvalue weighted by Crippen LogP contribution is 2.28. The molecular formula is C25H32N2O3. The minimum absolute atomic E-state index is 0.0676. The standard InChI is InChI=1S/C25H32N2O3/c1-17(2)22-13-12-18(3)14-23(22)30-16-24(28)26-20-10-7-11-21(15-20)27-25(29)19-8-5-4-6-9-19/h7,10-15,17,19H,4-6,8-9,16H2,1-3H3,(H,26,28)(H,27,29). The number of aryl methyl sites for hydroxylation is 1. The van der Waals surface area contributed by atoms with Crippen molar-refractivity contribution in [3.63, 3.8) is 0 Å². The molecule has 2 aromatic rings. The Kier molecular flexibility index (Phi) is 7.50. The van der Waals surface area contributed by atoms with Gasteiger partial charge in [-0.05, 0) is 61.1 Å². The second kappa shape index (κ2) is 10.3. The molecule has 0 aliphatic heterocycles. The fourth-order valence-corrected chi connectivity index (χ4v) is 3.87. The van der Waals surface area contributed by atoms with Gasteiger partial charge in [-0.1, -0.05) is 51.3 Å². The summed E-state index contributed by atoms with van der Waals surface area (Å²) in [5.74, 6) is 0.987. The molecule has 0 saturated heterocycles. The van der Waals surface area contributed by atoms with Crippen LogP contribution < -0.4 is 15.4 Å². The van der Waals surface area contributed by atoms with Crippen LogP contribution in [-0.4, -0.2) is 18.4 Å². The quantitative estimate of drug-likeness (QED) is 0.622. The highest BCUT2D eigenvalue weighted by Gasteiger charge is 2.21. The maximum atomic E-state index is 12.5. The molecule has 0 radical (unpaired) electrons. The van der Waals surface area contributed by atoms with Crippen LogP contribution in [0.5, 0.6) is 5.75 Å². The summed E-state index contributed by atoms with van der Waals surface area (Å²) >= 11 is 0. The van der Waals surface area contributed by atoms with E-state index < -0.39 is 0 Å². The van der Waals surface area contributed by atoms with Gasteiger partial charge < -0.3 is 15.4 Å². The Morgan fingerprint density at radius 3 is 2.40 bits per heavy atom. The van der Waals surface area contributed by atoms with Gasteiger partial charge in [-0.15, -0.1) is 0 Å². The monoisotopic (exact) mass is 408 g/mol. The molecule has 30 heavy (non-hydrogen) atoms. The molecule has 160 valence electrons. The average Bonchev–Trinajstić information content (AvgIpc) is 2.73. The second-order valence-electron chi connectivity index (χ2n) is 8.44. The Labute approximate surface area is 179 Å². The van der Waals surface area contributed by atoms with E-state index in [0.717, 1.165) is 42.6 Å². The summed E-state index contributed by atoms with van der Waals surface area (Å²) in [7, 11) is 0. The first kappa shape index (κ1) is 21.9. The summed E-state index contributed by atoms with van der Waals surface area (Å²) in [5.41, 5.74) is 3.51. The van der Waals surface area contributed by atoms with Gasteiger partial charge in [0.25, 0.3) is 5.91 Å². The van der Waals surface area contributed by atoms with Gasteiger partial charge >= 0.3 is 0 Å². The maximum Gasteiger partial charge on any atom is 0.262 e. The molecule has 0 bridgehead atoms. The van der Waals surface area contributed by atoms with Crippen LogP contribution in [0.2, 0.25) is 0 Å². The van der Waals surface area contributed by atoms with E-state index in [1.165, 1.54) is 6.42 Å². The third kappa shape index (κ3) is 6.09. The maximum absolute atomic E-state index is 12.5. The molecule has 0 unspecified atom stereocenters. The Bertz CT molecular complexity index is 886. The van der Waals surface area contributed by atoms with Crippen molar-refractivity contribution in [2.75, 3.05) is 17.2 Å². The van der Waals surface area contributed by atoms with Gasteiger partial charge in [0, 0.05) is 17.3 Å². The first-order valence-corrected chi connectivity index (χ1v) is 10.9. The Hall–Kier alpha value is -2.82. The van der Waals surface area contributed by atoms with Gasteiger partial charge in [-0.25, -0.2) is 0 Å². The first-order chi connectivity index (χ1) is 14.4. The zero-order valence-electron chi connectivity index (χ0n) is 18.2. The van der Waals surface area contributed by atoms with E-state index in [0.29, 0.717) is 17.3 Å². The van der Waals surface area contributed by atoms with Gasteiger partial charge in [0.05, 0.1) is 0 Å². The minimum Gasteiger partial charge on any atom is -0.483 e. The third-order valence-corrected chi connectivity index (χ3v) is 5.54. The number of rotatable bonds is 7. The SMILES string of the molecule is Cc1ccc(C(C)C)c(OCC(=O)Nc2cccc(NC(=O)C3CCCCC3)c2)c1. The number of carbonyl (C=O) groups excluding carboxylic acids is 2. The van der Waals surface area contributed by atoms with Crippen molar-refractivity contribution in [3.05, 3.63) is 53.6 Å². The van der Waals surface area contributed by atoms with E-state index in [4.69, 9.17) is 4.74 Å². The van der Waals surface area contributed by atoms with Crippen LogP contribution in [0.25, 0.3) is 0 Å². The number of benzene rings is 2. The molecule has 2 N–H and O–H groups in total. The van der Waals surface area contributed by atoms with Gasteiger partial charge in [-0.3, -0.25) is 9.59 Å². The van der Waals surface area contributed by atoms with Crippen molar-refractivity contribution in [1.82, 2.24) is 0 Å². The number of ether oxygens (including phenoxy) is 1. The molecule has 2 aromatic carbocycles. The minimum atomic E-state index is -0.234. The third-order valence-electron chi connectivity index (χ3n) is 5.54. The summed E-state index contributed by atoms with van der Waals surface area (Å²) in [6, 6.07) is 13.3. The molecule has 1 saturated carbocycles. The van der Waals surface area contributed by atoms with Crippen molar-refractivity contribution < 1.29 is 14.3 Å². The van der Waals surface area contributed by atoms with E-state index >= 15 is 0 Å². The van der Waals surface area contributed by atoms with E-state index in [1.54, 1.807) is 12.1 Å². The lowest BCUT2D eigenvalue weighted by Gasteiger charge is -2.21. The van der Waals surface area contributed by atoms with E-state index in [-0.39, 0.29) is 24.3 Å². The van der Waals surface area contributed by atoms with Crippen LogP contribution in [0.15, 0.2) is 42.5 Å². The lowest BCUT2D eigenvalue weighted by Crippen LogP contribution is -2.25. The highest BCUT2D eigenvalue weighted by molar-refractivity contribution is 5.95. The Morgan fingerprint density at radius 2 is 1.70 bits per heavy atom. The Morgan fingerprint density at radius 1 is 1.00 bits per heavy atom. The number of hydrogen-bond acceptors (Lipinski definition) is 3. The van der Waals surface area contributed by atoms with Crippen molar-refractivity contribution in [2.24, 2.45) is 5.92 Å². The number of nitrogens with one attached hydrogen (secondary N) is 2. The highest BCUT2D eigenvalue weighted by atomic mass is 16.5. The predicted molar refractivity (Wildman–Crippen MR) is 121 cm³/mol. The van der Waals surface area contributed by atoms with Crippen LogP contribution in [0, 0.1) is 12.8 Å². The number of anilines is 2. The van der Waals surface area contributed by atoms with E-state index in [1.807, 2.05) is 31.2 Å². The zero-order valence-corrected chi connectivity index (χ0v) is 18.2. The van der Waals surface area contributed by atoms with Gasteiger partial charge in [-0.2, -0.15) is 0 Å². The van der Waals surface area contributed by atoms with Crippen LogP contribution >= 0.6 is 0 Å². The number of amides is 2. The van der Waals surface area contributed by atoms with Gasteiger partial charge in [0.15, 0.2) is 6.61 Å². The van der Waals surface area contributed by atoms with Crippen LogP contribution in [0.3, 0.4) is 0 Å². The molecular weight excluding hydrogens is 376 g/mol.